The van der Waals surface area contributed by atoms with Crippen molar-refractivity contribution >= 4 is 18.1 Å². The summed E-state index contributed by atoms with van der Waals surface area (Å²) >= 11 is 0. The summed E-state index contributed by atoms with van der Waals surface area (Å²) in [6, 6.07) is 8.02. The van der Waals surface area contributed by atoms with Gasteiger partial charge in [-0.1, -0.05) is 24.3 Å². The van der Waals surface area contributed by atoms with E-state index in [2.05, 4.69) is 12.2 Å². The Morgan fingerprint density at radius 1 is 1.16 bits per heavy atom. The average molecular weight is 342 g/mol. The van der Waals surface area contributed by atoms with Gasteiger partial charge < -0.3 is 14.4 Å². The molecule has 25 heavy (non-hydrogen) atoms. The maximum Gasteiger partial charge on any atom is 0.410 e. The fourth-order valence-corrected chi connectivity index (χ4v) is 3.69. The largest absolute Gasteiger partial charge is 0.483 e. The van der Waals surface area contributed by atoms with E-state index in [1.165, 1.54) is 4.90 Å². The zero-order valence-corrected chi connectivity index (χ0v) is 14.1. The maximum absolute atomic E-state index is 12.5. The Balaban J connectivity index is 1.41. The first kappa shape index (κ1) is 16.0. The van der Waals surface area contributed by atoms with Crippen molar-refractivity contribution in [3.05, 3.63) is 35.9 Å². The van der Waals surface area contributed by atoms with E-state index < -0.39 is 6.09 Å². The highest BCUT2D eigenvalue weighted by atomic mass is 16.6. The molecule has 0 N–H and O–H groups in total. The van der Waals surface area contributed by atoms with E-state index in [0.29, 0.717) is 26.2 Å². The van der Waals surface area contributed by atoms with Gasteiger partial charge >= 0.3 is 6.09 Å². The van der Waals surface area contributed by atoms with Crippen LogP contribution in [-0.4, -0.2) is 60.2 Å². The Morgan fingerprint density at radius 2 is 2.04 bits per heavy atom. The molecule has 2 fully saturated rings. The molecular weight excluding hydrogens is 320 g/mol. The van der Waals surface area contributed by atoms with Crippen molar-refractivity contribution in [1.82, 2.24) is 9.80 Å². The summed E-state index contributed by atoms with van der Waals surface area (Å²) in [5.74, 6) is 0.890. The first-order valence-corrected chi connectivity index (χ1v) is 8.82. The fourth-order valence-electron chi connectivity index (χ4n) is 3.69. The summed E-state index contributed by atoms with van der Waals surface area (Å²) in [6.45, 7) is 2.29. The molecule has 3 aliphatic rings. The maximum atomic E-state index is 12.5. The van der Waals surface area contributed by atoms with Crippen molar-refractivity contribution in [1.29, 1.82) is 0 Å². The molecule has 0 bridgehead atoms. The van der Waals surface area contributed by atoms with Gasteiger partial charge in [-0.05, 0) is 25.0 Å². The molecule has 3 aliphatic heterocycles. The minimum absolute atomic E-state index is 0.0175. The highest BCUT2D eigenvalue weighted by molar-refractivity contribution is 5.83. The lowest BCUT2D eigenvalue weighted by Crippen LogP contribution is -2.42. The summed E-state index contributed by atoms with van der Waals surface area (Å²) in [4.78, 5) is 27.4. The van der Waals surface area contributed by atoms with E-state index in [1.807, 2.05) is 29.2 Å². The molecule has 0 aromatic heterocycles. The third-order valence-electron chi connectivity index (χ3n) is 5.16. The van der Waals surface area contributed by atoms with Gasteiger partial charge in [-0.3, -0.25) is 9.69 Å². The molecular formula is C19H22N2O4. The lowest BCUT2D eigenvalue weighted by atomic mass is 9.91. The minimum Gasteiger partial charge on any atom is -0.483 e. The molecule has 132 valence electrons. The van der Waals surface area contributed by atoms with Gasteiger partial charge in [0.25, 0.3) is 0 Å². The first-order chi connectivity index (χ1) is 12.2. The topological polar surface area (TPSA) is 59.1 Å². The summed E-state index contributed by atoms with van der Waals surface area (Å²) in [5, 5.41) is 0. The predicted octanol–water partition coefficient (Wildman–Crippen LogP) is 2.30. The summed E-state index contributed by atoms with van der Waals surface area (Å²) in [6.07, 6.45) is 6.39. The second-order valence-electron chi connectivity index (χ2n) is 6.81. The van der Waals surface area contributed by atoms with Crippen LogP contribution in [0.3, 0.4) is 0 Å². The summed E-state index contributed by atoms with van der Waals surface area (Å²) < 4.78 is 11.2. The number of carbonyl (C=O) groups excluding carboxylic acids is 2. The standard InChI is InChI=1S/C19H22N2O4/c22-17(14-21-12-13-24-18(21)23)20-10-3-7-19(9-11-20)8-6-15-4-1-2-5-16(15)25-19/h1-2,4-6,8H,3,7,9-14H2/t19-/m1/s1. The molecule has 0 aliphatic carbocycles. The number of hydrogen-bond donors (Lipinski definition) is 0. The van der Waals surface area contributed by atoms with Gasteiger partial charge in [0.05, 0.1) is 6.54 Å². The fraction of sp³-hybridized carbons (Fsp3) is 0.474. The molecule has 3 heterocycles. The number of ether oxygens (including phenoxy) is 2. The Bertz CT molecular complexity index is 717. The van der Waals surface area contributed by atoms with Crippen LogP contribution in [0.1, 0.15) is 24.8 Å². The number of rotatable bonds is 2. The smallest absolute Gasteiger partial charge is 0.410 e. The molecule has 0 radical (unpaired) electrons. The predicted molar refractivity (Wildman–Crippen MR) is 92.2 cm³/mol. The number of para-hydroxylation sites is 1. The Kier molecular flexibility index (Phi) is 4.11. The quantitative estimate of drug-likeness (QED) is 0.827. The van der Waals surface area contributed by atoms with Gasteiger partial charge in [-0.2, -0.15) is 0 Å². The molecule has 1 aromatic rings. The van der Waals surface area contributed by atoms with Crippen LogP contribution in [0.5, 0.6) is 5.75 Å². The number of benzene rings is 1. The van der Waals surface area contributed by atoms with Gasteiger partial charge in [-0.15, -0.1) is 0 Å². The number of fused-ring (bicyclic) bond motifs is 1. The molecule has 6 heteroatoms. The number of amides is 2. The second-order valence-corrected chi connectivity index (χ2v) is 6.81. The van der Waals surface area contributed by atoms with Gasteiger partial charge in [0, 0.05) is 25.1 Å². The van der Waals surface area contributed by atoms with Gasteiger partial charge in [0.2, 0.25) is 5.91 Å². The van der Waals surface area contributed by atoms with Gasteiger partial charge in [0.15, 0.2) is 0 Å². The van der Waals surface area contributed by atoms with E-state index in [9.17, 15) is 9.59 Å². The van der Waals surface area contributed by atoms with Gasteiger partial charge in [0.1, 0.15) is 24.5 Å². The zero-order valence-electron chi connectivity index (χ0n) is 14.1. The van der Waals surface area contributed by atoms with E-state index in [0.717, 1.165) is 30.6 Å². The highest BCUT2D eigenvalue weighted by Gasteiger charge is 2.36. The van der Waals surface area contributed by atoms with Crippen molar-refractivity contribution in [3.8, 4) is 5.75 Å². The minimum atomic E-state index is -0.394. The number of nitrogens with zero attached hydrogens (tertiary/aromatic N) is 2. The average Bonchev–Trinajstić information content (AvgIpc) is 2.90. The van der Waals surface area contributed by atoms with Crippen LogP contribution in [0.15, 0.2) is 30.3 Å². The Morgan fingerprint density at radius 3 is 2.88 bits per heavy atom. The van der Waals surface area contributed by atoms with E-state index in [1.54, 1.807) is 0 Å². The van der Waals surface area contributed by atoms with Crippen LogP contribution in [0.4, 0.5) is 4.79 Å². The first-order valence-electron chi connectivity index (χ1n) is 8.82. The van der Waals surface area contributed by atoms with Crippen LogP contribution in [-0.2, 0) is 9.53 Å². The SMILES string of the molecule is O=C(CN1CCOC1=O)N1CCC[C@@]2(C=Cc3ccccc3O2)CC1. The van der Waals surface area contributed by atoms with Gasteiger partial charge in [-0.25, -0.2) is 4.79 Å². The number of likely N-dealkylation sites (tertiary alicyclic amines) is 1. The number of hydrogen-bond acceptors (Lipinski definition) is 4. The Hall–Kier alpha value is -2.50. The zero-order chi connectivity index (χ0) is 17.3. The van der Waals surface area contributed by atoms with Crippen molar-refractivity contribution in [3.63, 3.8) is 0 Å². The lowest BCUT2D eigenvalue weighted by Gasteiger charge is -2.34. The third kappa shape index (κ3) is 3.21. The number of cyclic esters (lactones) is 1. The van der Waals surface area contributed by atoms with Crippen LogP contribution in [0.25, 0.3) is 6.08 Å². The molecule has 0 unspecified atom stereocenters. The van der Waals surface area contributed by atoms with Crippen LogP contribution < -0.4 is 4.74 Å². The van der Waals surface area contributed by atoms with E-state index in [-0.39, 0.29) is 18.1 Å². The second kappa shape index (κ2) is 6.43. The third-order valence-corrected chi connectivity index (χ3v) is 5.16. The highest BCUT2D eigenvalue weighted by Crippen LogP contribution is 2.36. The molecule has 2 saturated heterocycles. The van der Waals surface area contributed by atoms with Crippen LogP contribution in [0, 0.1) is 0 Å². The molecule has 1 atom stereocenters. The molecule has 4 rings (SSSR count). The van der Waals surface area contributed by atoms with Crippen molar-refractivity contribution < 1.29 is 19.1 Å². The van der Waals surface area contributed by atoms with E-state index in [4.69, 9.17) is 9.47 Å². The molecule has 0 saturated carbocycles. The van der Waals surface area contributed by atoms with Crippen molar-refractivity contribution in [2.75, 3.05) is 32.8 Å². The Labute approximate surface area is 147 Å². The molecule has 1 aromatic carbocycles. The van der Waals surface area contributed by atoms with E-state index >= 15 is 0 Å². The molecule has 6 nitrogen and oxygen atoms in total. The molecule has 1 spiro atoms. The van der Waals surface area contributed by atoms with Crippen molar-refractivity contribution in [2.45, 2.75) is 24.9 Å². The lowest BCUT2D eigenvalue weighted by molar-refractivity contribution is -0.131. The number of carbonyl (C=O) groups is 2. The monoisotopic (exact) mass is 342 g/mol. The molecule has 2 amide bonds. The normalized spacial score (nSPS) is 25.4. The van der Waals surface area contributed by atoms with Crippen LogP contribution in [0.2, 0.25) is 0 Å². The van der Waals surface area contributed by atoms with Crippen LogP contribution >= 0.6 is 0 Å². The van der Waals surface area contributed by atoms with Crippen molar-refractivity contribution in [2.24, 2.45) is 0 Å². The summed E-state index contributed by atoms with van der Waals surface area (Å²) in [5.41, 5.74) is 0.758. The summed E-state index contributed by atoms with van der Waals surface area (Å²) in [7, 11) is 0.